The van der Waals surface area contributed by atoms with Crippen molar-refractivity contribution in [1.82, 2.24) is 9.88 Å². The highest BCUT2D eigenvalue weighted by Gasteiger charge is 2.10. The lowest BCUT2D eigenvalue weighted by atomic mass is 10.1. The molecule has 0 bridgehead atoms. The largest absolute Gasteiger partial charge is 0.507 e. The predicted molar refractivity (Wildman–Crippen MR) is 88.8 cm³/mol. The van der Waals surface area contributed by atoms with E-state index in [1.807, 2.05) is 14.1 Å². The van der Waals surface area contributed by atoms with Crippen LogP contribution in [0.15, 0.2) is 48.8 Å². The molecule has 0 aliphatic carbocycles. The number of carbonyl (C=O) groups excluding carboxylic acids is 1. The molecule has 0 amide bonds. The van der Waals surface area contributed by atoms with E-state index in [1.54, 1.807) is 35.5 Å². The molecule has 0 fully saturated rings. The molecule has 2 aromatic rings. The molecule has 1 N–H and O–H groups in total. The van der Waals surface area contributed by atoms with Gasteiger partial charge < -0.3 is 14.7 Å². The van der Waals surface area contributed by atoms with Gasteiger partial charge >= 0.3 is 0 Å². The maximum Gasteiger partial charge on any atom is 0.191 e. The molecule has 1 aromatic carbocycles. The van der Waals surface area contributed by atoms with Crippen molar-refractivity contribution < 1.29 is 14.6 Å². The molecule has 0 unspecified atom stereocenters. The molecule has 0 spiro atoms. The van der Waals surface area contributed by atoms with Gasteiger partial charge in [-0.2, -0.15) is 0 Å². The number of allylic oxidation sites excluding steroid dienone is 1. The number of carbonyl (C=O) groups is 1. The first-order valence-electron chi connectivity index (χ1n) is 6.91. The van der Waals surface area contributed by atoms with Crippen molar-refractivity contribution in [1.29, 1.82) is 0 Å². The molecule has 6 heteroatoms. The van der Waals surface area contributed by atoms with E-state index in [9.17, 15) is 9.90 Å². The van der Waals surface area contributed by atoms with Crippen LogP contribution in [0.25, 0.3) is 0 Å². The Kier molecular flexibility index (Phi) is 5.60. The average Bonchev–Trinajstić information content (AvgIpc) is 2.52. The van der Waals surface area contributed by atoms with Gasteiger partial charge in [0.1, 0.15) is 23.3 Å². The minimum absolute atomic E-state index is 0.0855. The first-order valence-corrected chi connectivity index (χ1v) is 7.28. The van der Waals surface area contributed by atoms with Gasteiger partial charge in [-0.1, -0.05) is 11.6 Å². The average molecular weight is 333 g/mol. The lowest BCUT2D eigenvalue weighted by Crippen LogP contribution is -2.04. The molecule has 120 valence electrons. The second-order valence-electron chi connectivity index (χ2n) is 5.10. The Morgan fingerprint density at radius 2 is 2.13 bits per heavy atom. The first-order chi connectivity index (χ1) is 11.0. The standard InChI is InChI=1S/C17H17ClN2O3/c1-20(2)8-6-16(22)14-10-13(3-4-15(14)21)23-11-12-5-7-19-17(18)9-12/h3-10,21H,11H2,1-2H3/b8-6+. The van der Waals surface area contributed by atoms with E-state index in [0.717, 1.165) is 5.56 Å². The summed E-state index contributed by atoms with van der Waals surface area (Å²) in [6, 6.07) is 8.04. The molecule has 0 saturated carbocycles. The van der Waals surface area contributed by atoms with Crippen molar-refractivity contribution in [3.05, 3.63) is 65.1 Å². The summed E-state index contributed by atoms with van der Waals surface area (Å²) >= 11 is 5.82. The molecule has 0 aliphatic heterocycles. The fraction of sp³-hybridized carbons (Fsp3) is 0.176. The maximum absolute atomic E-state index is 12.1. The Hall–Kier alpha value is -2.53. The third-order valence-corrected chi connectivity index (χ3v) is 3.16. The van der Waals surface area contributed by atoms with Gasteiger partial charge in [0.15, 0.2) is 5.78 Å². The van der Waals surface area contributed by atoms with Crippen molar-refractivity contribution in [2.45, 2.75) is 6.61 Å². The molecule has 0 radical (unpaired) electrons. The number of rotatable bonds is 6. The lowest BCUT2D eigenvalue weighted by molar-refractivity contribution is 0.104. The summed E-state index contributed by atoms with van der Waals surface area (Å²) in [7, 11) is 3.62. The predicted octanol–water partition coefficient (Wildman–Crippen LogP) is 3.28. The van der Waals surface area contributed by atoms with Crippen LogP contribution in [0.3, 0.4) is 0 Å². The molecule has 1 heterocycles. The number of ketones is 1. The summed E-state index contributed by atoms with van der Waals surface area (Å²) in [5.74, 6) is 0.101. The van der Waals surface area contributed by atoms with E-state index in [-0.39, 0.29) is 23.7 Å². The first kappa shape index (κ1) is 16.8. The zero-order valence-corrected chi connectivity index (χ0v) is 13.6. The molecule has 5 nitrogen and oxygen atoms in total. The van der Waals surface area contributed by atoms with E-state index < -0.39 is 0 Å². The summed E-state index contributed by atoms with van der Waals surface area (Å²) in [4.78, 5) is 17.7. The number of phenols is 1. The Labute approximate surface area is 139 Å². The Bertz CT molecular complexity index is 730. The number of halogens is 1. The van der Waals surface area contributed by atoms with Crippen LogP contribution in [0.4, 0.5) is 0 Å². The van der Waals surface area contributed by atoms with Crippen molar-refractivity contribution in [2.75, 3.05) is 14.1 Å². The number of hydrogen-bond acceptors (Lipinski definition) is 5. The number of phenolic OH excluding ortho intramolecular Hbond substituents is 1. The quantitative estimate of drug-likeness (QED) is 0.499. The van der Waals surface area contributed by atoms with E-state index in [4.69, 9.17) is 16.3 Å². The number of pyridine rings is 1. The smallest absolute Gasteiger partial charge is 0.191 e. The SMILES string of the molecule is CN(C)/C=C/C(=O)c1cc(OCc2ccnc(Cl)c2)ccc1O. The van der Waals surface area contributed by atoms with Crippen LogP contribution in [0, 0.1) is 0 Å². The third-order valence-electron chi connectivity index (χ3n) is 2.95. The molecule has 1 aromatic heterocycles. The number of aromatic nitrogens is 1. The van der Waals surface area contributed by atoms with E-state index in [0.29, 0.717) is 10.9 Å². The van der Waals surface area contributed by atoms with Crippen LogP contribution in [0.1, 0.15) is 15.9 Å². The van der Waals surface area contributed by atoms with E-state index in [2.05, 4.69) is 4.98 Å². The van der Waals surface area contributed by atoms with Gasteiger partial charge in [0, 0.05) is 32.6 Å². The molecular formula is C17H17ClN2O3. The summed E-state index contributed by atoms with van der Waals surface area (Å²) in [5.41, 5.74) is 1.05. The highest BCUT2D eigenvalue weighted by molar-refractivity contribution is 6.29. The zero-order valence-electron chi connectivity index (χ0n) is 12.9. The van der Waals surface area contributed by atoms with Gasteiger partial charge in [-0.05, 0) is 35.9 Å². The van der Waals surface area contributed by atoms with Crippen molar-refractivity contribution in [3.63, 3.8) is 0 Å². The van der Waals surface area contributed by atoms with Crippen LogP contribution in [-0.2, 0) is 6.61 Å². The van der Waals surface area contributed by atoms with Crippen LogP contribution in [-0.4, -0.2) is 34.9 Å². The van der Waals surface area contributed by atoms with Gasteiger partial charge in [-0.3, -0.25) is 4.79 Å². The fourth-order valence-electron chi connectivity index (χ4n) is 1.81. The summed E-state index contributed by atoms with van der Waals surface area (Å²) < 4.78 is 5.63. The number of ether oxygens (including phenoxy) is 1. The highest BCUT2D eigenvalue weighted by atomic mass is 35.5. The van der Waals surface area contributed by atoms with E-state index >= 15 is 0 Å². The number of hydrogen-bond donors (Lipinski definition) is 1. The molecule has 2 rings (SSSR count). The Balaban J connectivity index is 2.12. The minimum Gasteiger partial charge on any atom is -0.507 e. The maximum atomic E-state index is 12.1. The second-order valence-corrected chi connectivity index (χ2v) is 5.49. The Morgan fingerprint density at radius 3 is 2.83 bits per heavy atom. The monoisotopic (exact) mass is 332 g/mol. The topological polar surface area (TPSA) is 62.7 Å². The molecule has 0 atom stereocenters. The van der Waals surface area contributed by atoms with Crippen molar-refractivity contribution >= 4 is 17.4 Å². The van der Waals surface area contributed by atoms with Gasteiger partial charge in [-0.15, -0.1) is 0 Å². The van der Waals surface area contributed by atoms with Crippen LogP contribution < -0.4 is 4.74 Å². The number of nitrogens with zero attached hydrogens (tertiary/aromatic N) is 2. The second kappa shape index (κ2) is 7.65. The summed E-state index contributed by atoms with van der Waals surface area (Å²) in [5, 5.41) is 10.2. The molecular weight excluding hydrogens is 316 g/mol. The normalized spacial score (nSPS) is 10.7. The van der Waals surface area contributed by atoms with Gasteiger partial charge in [0.05, 0.1) is 5.56 Å². The fourth-order valence-corrected chi connectivity index (χ4v) is 2.00. The van der Waals surface area contributed by atoms with Crippen molar-refractivity contribution in [3.8, 4) is 11.5 Å². The minimum atomic E-state index is -0.298. The van der Waals surface area contributed by atoms with Crippen LogP contribution in [0.2, 0.25) is 5.15 Å². The summed E-state index contributed by atoms with van der Waals surface area (Å²) in [6.45, 7) is 0.286. The molecule has 23 heavy (non-hydrogen) atoms. The van der Waals surface area contributed by atoms with Gasteiger partial charge in [-0.25, -0.2) is 4.98 Å². The lowest BCUT2D eigenvalue weighted by Gasteiger charge is -2.09. The Morgan fingerprint density at radius 1 is 1.35 bits per heavy atom. The third kappa shape index (κ3) is 5.00. The summed E-state index contributed by atoms with van der Waals surface area (Å²) in [6.07, 6.45) is 4.61. The van der Waals surface area contributed by atoms with Gasteiger partial charge in [0.25, 0.3) is 0 Å². The van der Waals surface area contributed by atoms with E-state index in [1.165, 1.54) is 18.2 Å². The van der Waals surface area contributed by atoms with Gasteiger partial charge in [0.2, 0.25) is 0 Å². The highest BCUT2D eigenvalue weighted by Crippen LogP contribution is 2.24. The molecule has 0 saturated heterocycles. The van der Waals surface area contributed by atoms with Crippen LogP contribution >= 0.6 is 11.6 Å². The molecule has 0 aliphatic rings. The number of aromatic hydroxyl groups is 1. The van der Waals surface area contributed by atoms with Crippen LogP contribution in [0.5, 0.6) is 11.5 Å². The van der Waals surface area contributed by atoms with Crippen molar-refractivity contribution in [2.24, 2.45) is 0 Å². The zero-order chi connectivity index (χ0) is 16.8. The number of benzene rings is 1.